The number of tetrazole rings is 1. The van der Waals surface area contributed by atoms with Gasteiger partial charge in [-0.25, -0.2) is 17.6 Å². The maximum absolute atomic E-state index is 14.0. The van der Waals surface area contributed by atoms with Crippen LogP contribution in [0, 0.1) is 0 Å². The minimum Gasteiger partial charge on any atom is -0.375 e. The number of hydrogen-bond acceptors (Lipinski definition) is 12. The number of thiazole rings is 1. The van der Waals surface area contributed by atoms with E-state index in [1.54, 1.807) is 6.07 Å². The highest BCUT2D eigenvalue weighted by Gasteiger charge is 2.36. The predicted octanol–water partition coefficient (Wildman–Crippen LogP) is 1.40. The molecule has 202 valence electrons. The van der Waals surface area contributed by atoms with Gasteiger partial charge in [0, 0.05) is 24.7 Å². The normalized spacial score (nSPS) is 16.4. The number of hydrogen-bond donors (Lipinski definition) is 3. The van der Waals surface area contributed by atoms with Gasteiger partial charge in [0.25, 0.3) is 0 Å². The highest BCUT2D eigenvalue weighted by atomic mass is 32.2. The number of sulfonamides is 1. The molecule has 0 radical (unpaired) electrons. The van der Waals surface area contributed by atoms with Crippen molar-refractivity contribution >= 4 is 47.8 Å². The number of para-hydroxylation sites is 1. The van der Waals surface area contributed by atoms with Gasteiger partial charge in [-0.05, 0) is 49.8 Å². The van der Waals surface area contributed by atoms with Crippen molar-refractivity contribution in [3.63, 3.8) is 0 Å². The number of nitrogens with zero attached hydrogens (tertiary/aromatic N) is 6. The molecule has 3 heterocycles. The molecule has 2 aromatic carbocycles. The zero-order valence-corrected chi connectivity index (χ0v) is 23.1. The summed E-state index contributed by atoms with van der Waals surface area (Å²) in [6.07, 6.45) is 1.35. The lowest BCUT2D eigenvalue weighted by molar-refractivity contribution is 0.196. The van der Waals surface area contributed by atoms with Gasteiger partial charge in [-0.3, -0.25) is 4.18 Å². The second-order valence-electron chi connectivity index (χ2n) is 8.87. The Kier molecular flexibility index (Phi) is 7.54. The summed E-state index contributed by atoms with van der Waals surface area (Å²) in [6.45, 7) is 0.256. The van der Waals surface area contributed by atoms with E-state index in [9.17, 15) is 12.6 Å². The van der Waals surface area contributed by atoms with Crippen molar-refractivity contribution in [2.24, 2.45) is 5.73 Å². The van der Waals surface area contributed by atoms with Crippen molar-refractivity contribution in [2.45, 2.75) is 28.7 Å². The van der Waals surface area contributed by atoms with Crippen molar-refractivity contribution in [2.75, 3.05) is 39.6 Å². The number of fused-ring (bicyclic) bond motifs is 1. The van der Waals surface area contributed by atoms with Crippen LogP contribution in [0.4, 0.5) is 5.13 Å². The molecule has 0 amide bonds. The molecule has 0 saturated carbocycles. The first-order valence-corrected chi connectivity index (χ1v) is 15.0. The van der Waals surface area contributed by atoms with E-state index in [1.807, 2.05) is 32.3 Å². The predicted molar refractivity (Wildman–Crippen MR) is 145 cm³/mol. The van der Waals surface area contributed by atoms with Crippen LogP contribution in [0.3, 0.4) is 0 Å². The highest BCUT2D eigenvalue weighted by molar-refractivity contribution is 7.90. The van der Waals surface area contributed by atoms with Crippen molar-refractivity contribution in [1.29, 1.82) is 0 Å². The number of H-pyrrole nitrogens is 1. The minimum atomic E-state index is -4.07. The van der Waals surface area contributed by atoms with Crippen LogP contribution in [0.25, 0.3) is 32.7 Å². The van der Waals surface area contributed by atoms with Gasteiger partial charge in [0.15, 0.2) is 16.2 Å². The molecule has 0 bridgehead atoms. The van der Waals surface area contributed by atoms with Crippen LogP contribution in [0.5, 0.6) is 0 Å². The van der Waals surface area contributed by atoms with Crippen LogP contribution in [0.1, 0.15) is 12.8 Å². The van der Waals surface area contributed by atoms with E-state index in [-0.39, 0.29) is 27.2 Å². The second kappa shape index (κ2) is 10.7. The number of rotatable bonds is 8. The van der Waals surface area contributed by atoms with Crippen molar-refractivity contribution in [3.05, 3.63) is 30.3 Å². The van der Waals surface area contributed by atoms with Crippen LogP contribution in [0.15, 0.2) is 40.1 Å². The van der Waals surface area contributed by atoms with Crippen molar-refractivity contribution < 1.29 is 16.8 Å². The molecule has 1 aliphatic heterocycles. The van der Waals surface area contributed by atoms with Gasteiger partial charge < -0.3 is 16.4 Å². The molecule has 5 rings (SSSR count). The third kappa shape index (κ3) is 4.84. The van der Waals surface area contributed by atoms with Crippen LogP contribution < -0.4 is 11.5 Å². The Balaban J connectivity index is 1.74. The number of benzene rings is 2. The number of aromatic amines is 1. The summed E-state index contributed by atoms with van der Waals surface area (Å²) in [7, 11) is -0.117. The fourth-order valence-corrected chi connectivity index (χ4v) is 8.36. The van der Waals surface area contributed by atoms with Gasteiger partial charge in [-0.15, -0.1) is 10.2 Å². The lowest BCUT2D eigenvalue weighted by atomic mass is 9.98. The Hall–Kier alpha value is -2.86. The van der Waals surface area contributed by atoms with Gasteiger partial charge in [0.2, 0.25) is 15.8 Å². The summed E-state index contributed by atoms with van der Waals surface area (Å²) in [5.41, 5.74) is 13.5. The molecule has 1 aliphatic rings. The first kappa shape index (κ1) is 26.7. The molecule has 1 fully saturated rings. The molecule has 1 atom stereocenters. The standard InChI is InChI=1S/C22H27N9O4S3/c1-30(2)13-8-10-31(11-9-13)38(33,34)17-7-6-14(15-4-3-5-16-19(15)25-22(24)36-16)18(21-26-28-29-27-21)20(17)37(32)35-12-23/h3-7,13H,8-12,23H2,1-2H3,(H2,24,25)(H,26,27,28,29). The van der Waals surface area contributed by atoms with Gasteiger partial charge in [0.05, 0.1) is 20.7 Å². The van der Waals surface area contributed by atoms with Gasteiger partial charge in [-0.2, -0.15) is 9.52 Å². The maximum Gasteiger partial charge on any atom is 0.244 e. The van der Waals surface area contributed by atoms with E-state index < -0.39 is 27.8 Å². The van der Waals surface area contributed by atoms with Crippen LogP contribution in [0.2, 0.25) is 0 Å². The Bertz CT molecular complexity index is 1580. The second-order valence-corrected chi connectivity index (χ2v) is 13.0. The van der Waals surface area contributed by atoms with Crippen LogP contribution >= 0.6 is 11.3 Å². The topological polar surface area (TPSA) is 186 Å². The molecule has 5 N–H and O–H groups in total. The van der Waals surface area contributed by atoms with E-state index in [0.717, 1.165) is 4.70 Å². The number of nitrogens with one attached hydrogen (secondary N) is 1. The molecule has 0 aliphatic carbocycles. The Labute approximate surface area is 225 Å². The first-order valence-electron chi connectivity index (χ1n) is 11.7. The number of piperidine rings is 1. The quantitative estimate of drug-likeness (QED) is 0.257. The van der Waals surface area contributed by atoms with Crippen LogP contribution in [-0.2, 0) is 25.3 Å². The fraction of sp³-hybridized carbons (Fsp3) is 0.364. The van der Waals surface area contributed by atoms with Crippen molar-refractivity contribution in [3.8, 4) is 22.5 Å². The van der Waals surface area contributed by atoms with Crippen LogP contribution in [-0.4, -0.2) is 87.4 Å². The zero-order valence-electron chi connectivity index (χ0n) is 20.7. The molecule has 2 aromatic heterocycles. The maximum atomic E-state index is 14.0. The van der Waals surface area contributed by atoms with Gasteiger partial charge in [0.1, 0.15) is 11.6 Å². The minimum absolute atomic E-state index is 0.0486. The van der Waals surface area contributed by atoms with E-state index in [4.69, 9.17) is 15.7 Å². The Morgan fingerprint density at radius 1 is 1.21 bits per heavy atom. The number of nitrogen functional groups attached to an aromatic ring is 1. The summed E-state index contributed by atoms with van der Waals surface area (Å²) in [5, 5.41) is 14.6. The summed E-state index contributed by atoms with van der Waals surface area (Å²) in [4.78, 5) is 6.28. The molecular weight excluding hydrogens is 551 g/mol. The molecule has 16 heteroatoms. The van der Waals surface area contributed by atoms with E-state index in [2.05, 4.69) is 30.5 Å². The number of nitrogens with two attached hydrogens (primary N) is 2. The zero-order chi connectivity index (χ0) is 27.0. The first-order chi connectivity index (χ1) is 18.2. The molecule has 0 spiro atoms. The summed E-state index contributed by atoms with van der Waals surface area (Å²) in [6, 6.07) is 8.89. The SMILES string of the molecule is CN(C)C1CCN(S(=O)(=O)c2ccc(-c3cccc4sc(N)nc34)c(-c3nn[nH]n3)c2S(=O)OCN)CC1. The third-order valence-corrected chi connectivity index (χ3v) is 10.6. The summed E-state index contributed by atoms with van der Waals surface area (Å²) in [5.74, 6) is 0.0486. The average molecular weight is 578 g/mol. The molecule has 1 saturated heterocycles. The highest BCUT2D eigenvalue weighted by Crippen LogP contribution is 2.42. The molecular formula is C22H27N9O4S3. The van der Waals surface area contributed by atoms with Gasteiger partial charge in [-0.1, -0.05) is 29.5 Å². The lowest BCUT2D eigenvalue weighted by Crippen LogP contribution is -2.44. The number of aromatic nitrogens is 5. The number of anilines is 1. The van der Waals surface area contributed by atoms with E-state index in [0.29, 0.717) is 47.7 Å². The monoisotopic (exact) mass is 577 g/mol. The van der Waals surface area contributed by atoms with Crippen molar-refractivity contribution in [1.82, 2.24) is 34.8 Å². The van der Waals surface area contributed by atoms with E-state index >= 15 is 0 Å². The lowest BCUT2D eigenvalue weighted by Gasteiger charge is -2.34. The Morgan fingerprint density at radius 2 is 1.97 bits per heavy atom. The van der Waals surface area contributed by atoms with Gasteiger partial charge >= 0.3 is 0 Å². The Morgan fingerprint density at radius 3 is 2.63 bits per heavy atom. The molecule has 38 heavy (non-hydrogen) atoms. The fourth-order valence-electron chi connectivity index (χ4n) is 4.69. The third-order valence-electron chi connectivity index (χ3n) is 6.53. The average Bonchev–Trinajstić information content (AvgIpc) is 3.57. The summed E-state index contributed by atoms with van der Waals surface area (Å²) < 4.78 is 49.0. The molecule has 1 unspecified atom stereocenters. The summed E-state index contributed by atoms with van der Waals surface area (Å²) >= 11 is -0.951. The van der Waals surface area contributed by atoms with E-state index in [1.165, 1.54) is 21.7 Å². The largest absolute Gasteiger partial charge is 0.375 e. The smallest absolute Gasteiger partial charge is 0.244 e. The molecule has 13 nitrogen and oxygen atoms in total. The molecule has 4 aromatic rings.